The van der Waals surface area contributed by atoms with Gasteiger partial charge in [0.25, 0.3) is 0 Å². The molecule has 3 aromatic rings. The Morgan fingerprint density at radius 1 is 1.15 bits per heavy atom. The van der Waals surface area contributed by atoms with Crippen molar-refractivity contribution in [2.24, 2.45) is 0 Å². The Bertz CT molecular complexity index is 882. The summed E-state index contributed by atoms with van der Waals surface area (Å²) in [4.78, 5) is 12.3. The van der Waals surface area contributed by atoms with E-state index in [9.17, 15) is 4.79 Å². The third kappa shape index (κ3) is 3.92. The Hall–Kier alpha value is -2.31. The van der Waals surface area contributed by atoms with Crippen LogP contribution in [0.15, 0.2) is 59.8 Å². The van der Waals surface area contributed by atoms with Gasteiger partial charge in [0.05, 0.1) is 7.11 Å². The van der Waals surface area contributed by atoms with E-state index in [0.29, 0.717) is 16.7 Å². The lowest BCUT2D eigenvalue weighted by Gasteiger charge is -2.15. The first-order valence-corrected chi connectivity index (χ1v) is 9.38. The van der Waals surface area contributed by atoms with Crippen LogP contribution in [0.25, 0.3) is 11.4 Å². The number of aromatic nitrogens is 3. The van der Waals surface area contributed by atoms with E-state index in [1.807, 2.05) is 66.1 Å². The Labute approximate surface area is 161 Å². The van der Waals surface area contributed by atoms with Crippen LogP contribution in [0.4, 0.5) is 0 Å². The van der Waals surface area contributed by atoms with E-state index in [1.54, 1.807) is 0 Å². The third-order valence-corrected chi connectivity index (χ3v) is 5.34. The second kappa shape index (κ2) is 8.38. The second-order valence-electron chi connectivity index (χ2n) is 5.49. The van der Waals surface area contributed by atoms with Gasteiger partial charge in [-0.3, -0.25) is 4.79 Å². The van der Waals surface area contributed by atoms with Crippen molar-refractivity contribution in [1.82, 2.24) is 14.8 Å². The molecule has 0 radical (unpaired) electrons. The molecule has 0 saturated carbocycles. The molecule has 0 aliphatic carbocycles. The number of hydrogen-bond acceptors (Lipinski definition) is 5. The Morgan fingerprint density at radius 3 is 2.46 bits per heavy atom. The number of benzene rings is 2. The molecule has 1 heterocycles. The van der Waals surface area contributed by atoms with Crippen molar-refractivity contribution in [2.45, 2.75) is 23.9 Å². The van der Waals surface area contributed by atoms with Gasteiger partial charge in [0.15, 0.2) is 11.0 Å². The minimum atomic E-state index is -0.506. The first kappa shape index (κ1) is 18.5. The molecule has 0 bridgehead atoms. The van der Waals surface area contributed by atoms with E-state index in [2.05, 4.69) is 10.2 Å². The maximum absolute atomic E-state index is 12.3. The quantitative estimate of drug-likeness (QED) is 0.456. The van der Waals surface area contributed by atoms with Gasteiger partial charge in [-0.2, -0.15) is 0 Å². The van der Waals surface area contributed by atoms with Gasteiger partial charge in [-0.05, 0) is 36.8 Å². The SMILES string of the molecule is CCn1c(SC(C(=O)OC)c2ccccc2)nnc1-c1ccc(Cl)cc1. The van der Waals surface area contributed by atoms with Crippen molar-refractivity contribution in [3.05, 3.63) is 65.2 Å². The zero-order valence-electron chi connectivity index (χ0n) is 14.4. The molecule has 1 atom stereocenters. The summed E-state index contributed by atoms with van der Waals surface area (Å²) < 4.78 is 6.96. The number of methoxy groups -OCH3 is 1. The van der Waals surface area contributed by atoms with Crippen LogP contribution >= 0.6 is 23.4 Å². The fraction of sp³-hybridized carbons (Fsp3) is 0.211. The van der Waals surface area contributed by atoms with Gasteiger partial charge in [-0.15, -0.1) is 10.2 Å². The molecule has 0 saturated heterocycles. The molecular formula is C19H18ClN3O2S. The summed E-state index contributed by atoms with van der Waals surface area (Å²) >= 11 is 7.30. The molecule has 1 aromatic heterocycles. The highest BCUT2D eigenvalue weighted by Crippen LogP contribution is 2.36. The minimum Gasteiger partial charge on any atom is -0.468 e. The van der Waals surface area contributed by atoms with E-state index in [-0.39, 0.29) is 5.97 Å². The lowest BCUT2D eigenvalue weighted by molar-refractivity contribution is -0.140. The number of halogens is 1. The van der Waals surface area contributed by atoms with Crippen LogP contribution in [-0.4, -0.2) is 27.8 Å². The highest BCUT2D eigenvalue weighted by molar-refractivity contribution is 8.00. The lowest BCUT2D eigenvalue weighted by atomic mass is 10.1. The summed E-state index contributed by atoms with van der Waals surface area (Å²) in [6, 6.07) is 17.0. The summed E-state index contributed by atoms with van der Waals surface area (Å²) in [7, 11) is 1.39. The number of rotatable bonds is 6. The molecule has 3 rings (SSSR count). The molecule has 26 heavy (non-hydrogen) atoms. The maximum Gasteiger partial charge on any atom is 0.323 e. The van der Waals surface area contributed by atoms with Crippen molar-refractivity contribution < 1.29 is 9.53 Å². The van der Waals surface area contributed by atoms with Gasteiger partial charge in [-0.1, -0.05) is 53.7 Å². The second-order valence-corrected chi connectivity index (χ2v) is 7.00. The maximum atomic E-state index is 12.3. The Balaban J connectivity index is 1.95. The average Bonchev–Trinajstić information content (AvgIpc) is 3.09. The minimum absolute atomic E-state index is 0.320. The Morgan fingerprint density at radius 2 is 1.85 bits per heavy atom. The summed E-state index contributed by atoms with van der Waals surface area (Å²) in [6.45, 7) is 2.69. The molecule has 0 aliphatic heterocycles. The topological polar surface area (TPSA) is 57.0 Å². The highest BCUT2D eigenvalue weighted by Gasteiger charge is 2.26. The summed E-state index contributed by atoms with van der Waals surface area (Å²) in [5.74, 6) is 0.420. The smallest absolute Gasteiger partial charge is 0.323 e. The van der Waals surface area contributed by atoms with Gasteiger partial charge in [0.2, 0.25) is 0 Å². The molecule has 0 aliphatic rings. The van der Waals surface area contributed by atoms with Gasteiger partial charge < -0.3 is 9.30 Å². The Kier molecular flexibility index (Phi) is 5.96. The van der Waals surface area contributed by atoms with Crippen molar-refractivity contribution in [2.75, 3.05) is 7.11 Å². The number of thioether (sulfide) groups is 1. The molecule has 7 heteroatoms. The van der Waals surface area contributed by atoms with E-state index in [1.165, 1.54) is 18.9 Å². The first-order valence-electron chi connectivity index (χ1n) is 8.12. The predicted octanol–water partition coefficient (Wildman–Crippen LogP) is 4.62. The molecule has 2 aromatic carbocycles. The largest absolute Gasteiger partial charge is 0.468 e. The standard InChI is InChI=1S/C19H18ClN3O2S/c1-3-23-17(14-9-11-15(20)12-10-14)21-22-19(23)26-16(18(24)25-2)13-7-5-4-6-8-13/h4-12,16H,3H2,1-2H3. The molecule has 0 N–H and O–H groups in total. The number of esters is 1. The molecule has 134 valence electrons. The summed E-state index contributed by atoms with van der Waals surface area (Å²) in [5.41, 5.74) is 1.79. The lowest BCUT2D eigenvalue weighted by Crippen LogP contribution is -2.12. The van der Waals surface area contributed by atoms with Crippen LogP contribution in [0.2, 0.25) is 5.02 Å². The zero-order valence-corrected chi connectivity index (χ0v) is 16.0. The molecular weight excluding hydrogens is 370 g/mol. The highest BCUT2D eigenvalue weighted by atomic mass is 35.5. The number of ether oxygens (including phenoxy) is 1. The van der Waals surface area contributed by atoms with Crippen LogP contribution in [0.3, 0.4) is 0 Å². The molecule has 0 amide bonds. The zero-order chi connectivity index (χ0) is 18.5. The fourth-order valence-electron chi connectivity index (χ4n) is 2.57. The molecule has 5 nitrogen and oxygen atoms in total. The van der Waals surface area contributed by atoms with E-state index < -0.39 is 5.25 Å². The van der Waals surface area contributed by atoms with Crippen LogP contribution in [0.1, 0.15) is 17.7 Å². The summed E-state index contributed by atoms with van der Waals surface area (Å²) in [6.07, 6.45) is 0. The molecule has 1 unspecified atom stereocenters. The van der Waals surface area contributed by atoms with Crippen molar-refractivity contribution in [3.8, 4) is 11.4 Å². The van der Waals surface area contributed by atoms with Crippen LogP contribution < -0.4 is 0 Å². The van der Waals surface area contributed by atoms with Gasteiger partial charge in [0, 0.05) is 17.1 Å². The van der Waals surface area contributed by atoms with Crippen molar-refractivity contribution >= 4 is 29.3 Å². The number of carbonyl (C=O) groups is 1. The van der Waals surface area contributed by atoms with E-state index in [4.69, 9.17) is 16.3 Å². The van der Waals surface area contributed by atoms with Gasteiger partial charge >= 0.3 is 5.97 Å². The van der Waals surface area contributed by atoms with Crippen molar-refractivity contribution in [3.63, 3.8) is 0 Å². The van der Waals surface area contributed by atoms with Crippen molar-refractivity contribution in [1.29, 1.82) is 0 Å². The molecule has 0 fully saturated rings. The number of nitrogens with zero attached hydrogens (tertiary/aromatic N) is 3. The van der Waals surface area contributed by atoms with Crippen LogP contribution in [0.5, 0.6) is 0 Å². The first-order chi connectivity index (χ1) is 12.6. The van der Waals surface area contributed by atoms with E-state index >= 15 is 0 Å². The predicted molar refractivity (Wildman–Crippen MR) is 103 cm³/mol. The average molecular weight is 388 g/mol. The van der Waals surface area contributed by atoms with Gasteiger partial charge in [0.1, 0.15) is 5.25 Å². The third-order valence-electron chi connectivity index (χ3n) is 3.88. The van der Waals surface area contributed by atoms with Gasteiger partial charge in [-0.25, -0.2) is 0 Å². The van der Waals surface area contributed by atoms with Crippen LogP contribution in [0, 0.1) is 0 Å². The fourth-order valence-corrected chi connectivity index (χ4v) is 3.82. The van der Waals surface area contributed by atoms with E-state index in [0.717, 1.165) is 17.0 Å². The summed E-state index contributed by atoms with van der Waals surface area (Å²) in [5, 5.41) is 9.44. The van der Waals surface area contributed by atoms with Crippen LogP contribution in [-0.2, 0) is 16.1 Å². The molecule has 0 spiro atoms. The number of carbonyl (C=O) groups excluding carboxylic acids is 1. The normalized spacial score (nSPS) is 12.0. The monoisotopic (exact) mass is 387 g/mol. The number of hydrogen-bond donors (Lipinski definition) is 0.